The van der Waals surface area contributed by atoms with Gasteiger partial charge in [0.25, 0.3) is 11.1 Å². The van der Waals surface area contributed by atoms with Crippen LogP contribution in [0, 0.1) is 0 Å². The molecule has 3 N–H and O–H groups in total. The van der Waals surface area contributed by atoms with Crippen LogP contribution in [-0.4, -0.2) is 15.5 Å². The lowest BCUT2D eigenvalue weighted by Crippen LogP contribution is -2.52. The van der Waals surface area contributed by atoms with Crippen molar-refractivity contribution in [3.05, 3.63) is 103 Å². The lowest BCUT2D eigenvalue weighted by molar-refractivity contribution is 0.100. The van der Waals surface area contributed by atoms with E-state index < -0.39 is 5.91 Å². The lowest BCUT2D eigenvalue weighted by atomic mass is 10.1. The zero-order valence-electron chi connectivity index (χ0n) is 14.1. The Balaban J connectivity index is 2.14. The number of aromatic nitrogens is 2. The van der Waals surface area contributed by atoms with Crippen molar-refractivity contribution >= 4 is 18.1 Å². The summed E-state index contributed by atoms with van der Waals surface area (Å²) < 4.78 is 1.30. The maximum atomic E-state index is 12.6. The van der Waals surface area contributed by atoms with Gasteiger partial charge in [-0.05, 0) is 35.4 Å². The van der Waals surface area contributed by atoms with Crippen molar-refractivity contribution in [2.45, 2.75) is 0 Å². The molecule has 26 heavy (non-hydrogen) atoms. The van der Waals surface area contributed by atoms with Crippen molar-refractivity contribution in [3.63, 3.8) is 0 Å². The molecule has 0 aliphatic heterocycles. The third kappa shape index (κ3) is 3.54. The average Bonchev–Trinajstić information content (AvgIpc) is 2.64. The Labute approximate surface area is 148 Å². The third-order valence-corrected chi connectivity index (χ3v) is 3.99. The second-order valence-electron chi connectivity index (χ2n) is 5.80. The Morgan fingerprint density at radius 3 is 2.19 bits per heavy atom. The minimum Gasteiger partial charge on any atom is -0.366 e. The van der Waals surface area contributed by atoms with Gasteiger partial charge in [-0.15, -0.1) is 0 Å². The first-order chi connectivity index (χ1) is 12.5. The number of amides is 1. The predicted octanol–water partition coefficient (Wildman–Crippen LogP) is -0.170. The molecule has 0 aliphatic carbocycles. The zero-order valence-corrected chi connectivity index (χ0v) is 14.1. The normalized spacial score (nSPS) is 12.3. The summed E-state index contributed by atoms with van der Waals surface area (Å²) in [4.78, 5) is 38.8. The Hall–Kier alpha value is -3.67. The van der Waals surface area contributed by atoms with Crippen molar-refractivity contribution in [1.82, 2.24) is 9.55 Å². The smallest absolute Gasteiger partial charge is 0.274 e. The second-order valence-corrected chi connectivity index (χ2v) is 5.80. The summed E-state index contributed by atoms with van der Waals surface area (Å²) in [5, 5.41) is 0.428. The highest BCUT2D eigenvalue weighted by atomic mass is 16.1. The van der Waals surface area contributed by atoms with Gasteiger partial charge in [-0.25, -0.2) is 0 Å². The van der Waals surface area contributed by atoms with Crippen LogP contribution < -0.4 is 27.6 Å². The van der Waals surface area contributed by atoms with Crippen LogP contribution >= 0.6 is 0 Å². The summed E-state index contributed by atoms with van der Waals surface area (Å²) in [6.45, 7) is 0. The van der Waals surface area contributed by atoms with E-state index in [9.17, 15) is 14.4 Å². The molecular formula is C20H17N3O3. The highest BCUT2D eigenvalue weighted by Gasteiger charge is 2.03. The van der Waals surface area contributed by atoms with E-state index in [-0.39, 0.29) is 21.8 Å². The van der Waals surface area contributed by atoms with Crippen LogP contribution in [0.2, 0.25) is 0 Å². The number of nitrogens with two attached hydrogens (primary N) is 1. The van der Waals surface area contributed by atoms with Gasteiger partial charge in [-0.2, -0.15) is 0 Å². The van der Waals surface area contributed by atoms with Crippen LogP contribution in [0.5, 0.6) is 0 Å². The summed E-state index contributed by atoms with van der Waals surface area (Å²) >= 11 is 0. The molecule has 3 rings (SSSR count). The van der Waals surface area contributed by atoms with E-state index >= 15 is 0 Å². The van der Waals surface area contributed by atoms with E-state index in [1.54, 1.807) is 43.5 Å². The van der Waals surface area contributed by atoms with E-state index in [2.05, 4.69) is 4.98 Å². The van der Waals surface area contributed by atoms with Crippen LogP contribution in [0.3, 0.4) is 0 Å². The number of hydrogen-bond donors (Lipinski definition) is 2. The first kappa shape index (κ1) is 17.2. The number of carbonyl (C=O) groups excluding carboxylic acids is 1. The Kier molecular flexibility index (Phi) is 4.66. The van der Waals surface area contributed by atoms with E-state index in [0.717, 1.165) is 5.56 Å². The topological polar surface area (TPSA) is 97.9 Å². The zero-order chi connectivity index (χ0) is 18.7. The van der Waals surface area contributed by atoms with Crippen LogP contribution in [0.15, 0.2) is 64.2 Å². The molecule has 0 fully saturated rings. The standard InChI is InChI=1S/C20H17N3O3/c1-23-17(12-14-7-9-15(10-8-14)18(21)24)19(25)22-16(20(23)26)11-13-5-3-2-4-6-13/h2-12H,1H3,(H2,21,24)(H,22,25). The van der Waals surface area contributed by atoms with E-state index in [4.69, 9.17) is 5.73 Å². The summed E-state index contributed by atoms with van der Waals surface area (Å²) in [7, 11) is 1.55. The van der Waals surface area contributed by atoms with Crippen LogP contribution in [0.1, 0.15) is 21.5 Å². The van der Waals surface area contributed by atoms with E-state index in [0.29, 0.717) is 11.1 Å². The van der Waals surface area contributed by atoms with Crippen LogP contribution in [-0.2, 0) is 7.05 Å². The molecule has 6 nitrogen and oxygen atoms in total. The molecule has 1 heterocycles. The minimum absolute atomic E-state index is 0.213. The van der Waals surface area contributed by atoms with Gasteiger partial charge in [0.15, 0.2) is 0 Å². The van der Waals surface area contributed by atoms with Gasteiger partial charge >= 0.3 is 0 Å². The van der Waals surface area contributed by atoms with Crippen LogP contribution in [0.25, 0.3) is 12.2 Å². The average molecular weight is 347 g/mol. The molecule has 0 bridgehead atoms. The van der Waals surface area contributed by atoms with Gasteiger partial charge < -0.3 is 15.3 Å². The SMILES string of the molecule is Cn1c(=O)c(=Cc2ccccc2)[nH]c(=O)c1=Cc1ccc(C(N)=O)cc1. The number of nitrogens with one attached hydrogen (secondary N) is 1. The molecule has 3 aromatic rings. The lowest BCUT2D eigenvalue weighted by Gasteiger charge is -2.01. The Morgan fingerprint density at radius 2 is 1.58 bits per heavy atom. The molecule has 1 amide bonds. The van der Waals surface area contributed by atoms with Crippen molar-refractivity contribution in [2.75, 3.05) is 0 Å². The largest absolute Gasteiger partial charge is 0.366 e. The highest BCUT2D eigenvalue weighted by molar-refractivity contribution is 5.92. The first-order valence-corrected chi connectivity index (χ1v) is 7.93. The second kappa shape index (κ2) is 7.06. The molecule has 0 aliphatic rings. The fraction of sp³-hybridized carbons (Fsp3) is 0.0500. The number of benzene rings is 2. The summed E-state index contributed by atoms with van der Waals surface area (Å²) in [5.74, 6) is -0.525. The Morgan fingerprint density at radius 1 is 0.962 bits per heavy atom. The molecule has 130 valence electrons. The number of nitrogens with zero attached hydrogens (tertiary/aromatic N) is 1. The molecular weight excluding hydrogens is 330 g/mol. The summed E-state index contributed by atoms with van der Waals surface area (Å²) in [6, 6.07) is 15.7. The number of primary amides is 1. The highest BCUT2D eigenvalue weighted by Crippen LogP contribution is 2.03. The number of rotatable bonds is 3. The number of carbonyl (C=O) groups is 1. The predicted molar refractivity (Wildman–Crippen MR) is 100 cm³/mol. The van der Waals surface area contributed by atoms with E-state index in [1.807, 2.05) is 30.3 Å². The monoisotopic (exact) mass is 347 g/mol. The molecule has 1 aromatic heterocycles. The fourth-order valence-electron chi connectivity index (χ4n) is 2.56. The third-order valence-electron chi connectivity index (χ3n) is 3.99. The van der Waals surface area contributed by atoms with E-state index in [1.165, 1.54) is 4.57 Å². The number of aromatic amines is 1. The molecule has 2 aromatic carbocycles. The van der Waals surface area contributed by atoms with Crippen molar-refractivity contribution in [1.29, 1.82) is 0 Å². The molecule has 0 radical (unpaired) electrons. The van der Waals surface area contributed by atoms with Crippen molar-refractivity contribution in [2.24, 2.45) is 12.8 Å². The number of H-pyrrole nitrogens is 1. The van der Waals surface area contributed by atoms with Gasteiger partial charge in [0.1, 0.15) is 10.7 Å². The van der Waals surface area contributed by atoms with Gasteiger partial charge in [0.2, 0.25) is 5.91 Å². The molecule has 0 unspecified atom stereocenters. The van der Waals surface area contributed by atoms with Gasteiger partial charge in [-0.3, -0.25) is 14.4 Å². The summed E-state index contributed by atoms with van der Waals surface area (Å²) in [5.41, 5.74) is 6.39. The molecule has 0 spiro atoms. The first-order valence-electron chi connectivity index (χ1n) is 7.93. The maximum Gasteiger partial charge on any atom is 0.274 e. The quantitative estimate of drug-likeness (QED) is 0.688. The maximum absolute atomic E-state index is 12.6. The summed E-state index contributed by atoms with van der Waals surface area (Å²) in [6.07, 6.45) is 3.21. The minimum atomic E-state index is -0.525. The van der Waals surface area contributed by atoms with Gasteiger partial charge in [0, 0.05) is 12.6 Å². The molecule has 0 atom stereocenters. The number of hydrogen-bond acceptors (Lipinski definition) is 3. The van der Waals surface area contributed by atoms with Crippen molar-refractivity contribution < 1.29 is 4.79 Å². The van der Waals surface area contributed by atoms with Gasteiger partial charge in [-0.1, -0.05) is 42.5 Å². The Bertz CT molecular complexity index is 1190. The molecule has 6 heteroatoms. The fourth-order valence-corrected chi connectivity index (χ4v) is 2.56. The molecule has 0 saturated carbocycles. The van der Waals surface area contributed by atoms with Crippen LogP contribution in [0.4, 0.5) is 0 Å². The van der Waals surface area contributed by atoms with Gasteiger partial charge in [0.05, 0.1) is 0 Å². The molecule has 0 saturated heterocycles. The van der Waals surface area contributed by atoms with Crippen molar-refractivity contribution in [3.8, 4) is 0 Å².